The highest BCUT2D eigenvalue weighted by Crippen LogP contribution is 2.46. The minimum Gasteiger partial charge on any atom is -0.350 e. The fourth-order valence-corrected chi connectivity index (χ4v) is 3.99. The number of fused-ring (bicyclic) bond motifs is 1. The summed E-state index contributed by atoms with van der Waals surface area (Å²) in [6, 6.07) is 6.64. The SMILES string of the molecule is Cc1cnc(C(=O)NCC2CC(NC(=O)c3cccn4nccc34)C2(C)C)c(F)c1. The van der Waals surface area contributed by atoms with E-state index < -0.39 is 11.7 Å². The van der Waals surface area contributed by atoms with Gasteiger partial charge in [0.25, 0.3) is 11.8 Å². The first-order valence-electron chi connectivity index (χ1n) is 9.91. The number of nitrogens with one attached hydrogen (secondary N) is 2. The summed E-state index contributed by atoms with van der Waals surface area (Å²) in [6.45, 7) is 6.23. The predicted octanol–water partition coefficient (Wildman–Crippen LogP) is 2.75. The number of aryl methyl sites for hydroxylation is 1. The van der Waals surface area contributed by atoms with Crippen molar-refractivity contribution in [1.29, 1.82) is 0 Å². The molecule has 1 aliphatic rings. The molecule has 1 saturated carbocycles. The molecule has 0 spiro atoms. The van der Waals surface area contributed by atoms with E-state index in [0.717, 1.165) is 11.9 Å². The number of hydrogen-bond acceptors (Lipinski definition) is 4. The van der Waals surface area contributed by atoms with Crippen LogP contribution in [0.15, 0.2) is 42.9 Å². The van der Waals surface area contributed by atoms with Gasteiger partial charge < -0.3 is 10.6 Å². The van der Waals surface area contributed by atoms with Crippen LogP contribution in [0, 0.1) is 24.1 Å². The number of carbonyl (C=O) groups excluding carboxylic acids is 2. The summed E-state index contributed by atoms with van der Waals surface area (Å²) < 4.78 is 15.6. The van der Waals surface area contributed by atoms with Crippen molar-refractivity contribution in [2.24, 2.45) is 11.3 Å². The van der Waals surface area contributed by atoms with Crippen molar-refractivity contribution in [1.82, 2.24) is 25.2 Å². The Hall–Kier alpha value is -3.29. The molecule has 4 rings (SSSR count). The second-order valence-corrected chi connectivity index (χ2v) is 8.42. The lowest BCUT2D eigenvalue weighted by Gasteiger charge is -2.52. The third-order valence-electron chi connectivity index (χ3n) is 6.16. The van der Waals surface area contributed by atoms with Gasteiger partial charge in [-0.15, -0.1) is 0 Å². The van der Waals surface area contributed by atoms with Gasteiger partial charge in [0.1, 0.15) is 0 Å². The smallest absolute Gasteiger partial charge is 0.272 e. The zero-order valence-electron chi connectivity index (χ0n) is 17.1. The molecule has 3 aromatic rings. The number of amides is 2. The number of halogens is 1. The van der Waals surface area contributed by atoms with E-state index in [1.54, 1.807) is 42.0 Å². The van der Waals surface area contributed by atoms with Crippen LogP contribution in [0.4, 0.5) is 4.39 Å². The summed E-state index contributed by atoms with van der Waals surface area (Å²) in [6.07, 6.45) is 5.65. The van der Waals surface area contributed by atoms with Gasteiger partial charge in [-0.3, -0.25) is 9.59 Å². The zero-order valence-corrected chi connectivity index (χ0v) is 17.1. The van der Waals surface area contributed by atoms with E-state index in [9.17, 15) is 14.0 Å². The van der Waals surface area contributed by atoms with Crippen LogP contribution in [0.5, 0.6) is 0 Å². The Labute approximate surface area is 173 Å². The van der Waals surface area contributed by atoms with Gasteiger partial charge in [0.05, 0.1) is 17.3 Å². The predicted molar refractivity (Wildman–Crippen MR) is 110 cm³/mol. The number of nitrogens with zero attached hydrogens (tertiary/aromatic N) is 3. The Kier molecular flexibility index (Phi) is 5.01. The maximum absolute atomic E-state index is 14.0. The molecular weight excluding hydrogens is 385 g/mol. The topological polar surface area (TPSA) is 88.4 Å². The molecule has 156 valence electrons. The first kappa shape index (κ1) is 20.0. The van der Waals surface area contributed by atoms with Gasteiger partial charge in [-0.05, 0) is 54.5 Å². The van der Waals surface area contributed by atoms with Crippen molar-refractivity contribution >= 4 is 17.3 Å². The lowest BCUT2D eigenvalue weighted by Crippen LogP contribution is -2.60. The average Bonchev–Trinajstić information content (AvgIpc) is 3.18. The fraction of sp³-hybridized carbons (Fsp3) is 0.364. The molecule has 2 atom stereocenters. The van der Waals surface area contributed by atoms with Crippen molar-refractivity contribution in [3.05, 3.63) is 65.5 Å². The molecular formula is C22H24FN5O2. The maximum atomic E-state index is 14.0. The first-order valence-corrected chi connectivity index (χ1v) is 9.91. The molecule has 7 nitrogen and oxygen atoms in total. The van der Waals surface area contributed by atoms with Gasteiger partial charge in [-0.1, -0.05) is 13.8 Å². The lowest BCUT2D eigenvalue weighted by atomic mass is 9.58. The molecule has 30 heavy (non-hydrogen) atoms. The highest BCUT2D eigenvalue weighted by Gasteiger charge is 2.48. The molecule has 1 fully saturated rings. The molecule has 0 bridgehead atoms. The molecule has 0 radical (unpaired) electrons. The van der Waals surface area contributed by atoms with Crippen LogP contribution in [-0.4, -0.2) is 39.0 Å². The standard InChI is InChI=1S/C22H24FN5O2/c1-13-9-16(23)19(24-11-13)21(30)25-12-14-10-18(22(14,2)3)27-20(29)15-5-4-8-28-17(15)6-7-26-28/h4-9,11,14,18H,10,12H2,1-3H3,(H,25,30)(H,27,29). The highest BCUT2D eigenvalue weighted by atomic mass is 19.1. The van der Waals surface area contributed by atoms with Gasteiger partial charge in [-0.25, -0.2) is 13.9 Å². The molecule has 8 heteroatoms. The Balaban J connectivity index is 1.36. The van der Waals surface area contributed by atoms with Gasteiger partial charge >= 0.3 is 0 Å². The summed E-state index contributed by atoms with van der Waals surface area (Å²) in [5, 5.41) is 10.0. The van der Waals surface area contributed by atoms with Crippen molar-refractivity contribution in [2.75, 3.05) is 6.54 Å². The van der Waals surface area contributed by atoms with Crippen LogP contribution in [0.25, 0.3) is 5.52 Å². The molecule has 1 aliphatic carbocycles. The Morgan fingerprint density at radius 1 is 1.30 bits per heavy atom. The van der Waals surface area contributed by atoms with Crippen LogP contribution in [-0.2, 0) is 0 Å². The fourth-order valence-electron chi connectivity index (χ4n) is 3.99. The van der Waals surface area contributed by atoms with E-state index in [2.05, 4.69) is 34.6 Å². The van der Waals surface area contributed by atoms with Crippen LogP contribution < -0.4 is 10.6 Å². The largest absolute Gasteiger partial charge is 0.350 e. The Bertz CT molecular complexity index is 1120. The molecule has 0 aromatic carbocycles. The average molecular weight is 409 g/mol. The van der Waals surface area contributed by atoms with Gasteiger partial charge in [0.2, 0.25) is 0 Å². The molecule has 2 unspecified atom stereocenters. The minimum absolute atomic E-state index is 0.0238. The second-order valence-electron chi connectivity index (χ2n) is 8.42. The van der Waals surface area contributed by atoms with Crippen molar-refractivity contribution in [3.63, 3.8) is 0 Å². The Morgan fingerprint density at radius 3 is 2.83 bits per heavy atom. The van der Waals surface area contributed by atoms with E-state index >= 15 is 0 Å². The van der Waals surface area contributed by atoms with Crippen molar-refractivity contribution in [2.45, 2.75) is 33.2 Å². The second kappa shape index (κ2) is 7.51. The third-order valence-corrected chi connectivity index (χ3v) is 6.16. The van der Waals surface area contributed by atoms with E-state index in [0.29, 0.717) is 17.7 Å². The molecule has 0 aliphatic heterocycles. The molecule has 2 N–H and O–H groups in total. The molecule has 3 aromatic heterocycles. The van der Waals surface area contributed by atoms with E-state index in [1.165, 1.54) is 12.3 Å². The highest BCUT2D eigenvalue weighted by molar-refractivity contribution is 6.00. The quantitative estimate of drug-likeness (QED) is 0.678. The number of hydrogen-bond donors (Lipinski definition) is 2. The maximum Gasteiger partial charge on any atom is 0.272 e. The van der Waals surface area contributed by atoms with E-state index in [1.807, 2.05) is 0 Å². The van der Waals surface area contributed by atoms with Crippen LogP contribution in [0.2, 0.25) is 0 Å². The summed E-state index contributed by atoms with van der Waals surface area (Å²) >= 11 is 0. The van der Waals surface area contributed by atoms with Crippen molar-refractivity contribution in [3.8, 4) is 0 Å². The third kappa shape index (κ3) is 3.53. The van der Waals surface area contributed by atoms with E-state index in [-0.39, 0.29) is 29.0 Å². The van der Waals surface area contributed by atoms with Crippen molar-refractivity contribution < 1.29 is 14.0 Å². The number of pyridine rings is 2. The first-order chi connectivity index (χ1) is 14.3. The minimum atomic E-state index is -0.625. The normalized spacial score (nSPS) is 19.9. The van der Waals surface area contributed by atoms with Gasteiger partial charge in [0.15, 0.2) is 11.5 Å². The van der Waals surface area contributed by atoms with Gasteiger partial charge in [0, 0.05) is 25.0 Å². The lowest BCUT2D eigenvalue weighted by molar-refractivity contribution is 0.0149. The summed E-state index contributed by atoms with van der Waals surface area (Å²) in [5.74, 6) is -1.14. The van der Waals surface area contributed by atoms with E-state index in [4.69, 9.17) is 0 Å². The molecule has 3 heterocycles. The zero-order chi connectivity index (χ0) is 21.5. The van der Waals surface area contributed by atoms with Crippen LogP contribution in [0.1, 0.15) is 46.7 Å². The molecule has 0 saturated heterocycles. The summed E-state index contributed by atoms with van der Waals surface area (Å²) in [5.41, 5.74) is 1.57. The van der Waals surface area contributed by atoms with Gasteiger partial charge in [-0.2, -0.15) is 5.10 Å². The number of aromatic nitrogens is 3. The monoisotopic (exact) mass is 409 g/mol. The Morgan fingerprint density at radius 2 is 2.10 bits per heavy atom. The number of rotatable bonds is 5. The molecule has 2 amide bonds. The summed E-state index contributed by atoms with van der Waals surface area (Å²) in [4.78, 5) is 29.0. The van der Waals surface area contributed by atoms with Crippen LogP contribution >= 0.6 is 0 Å². The van der Waals surface area contributed by atoms with Crippen LogP contribution in [0.3, 0.4) is 0 Å². The number of carbonyl (C=O) groups is 2. The summed E-state index contributed by atoms with van der Waals surface area (Å²) in [7, 11) is 0.